The van der Waals surface area contributed by atoms with Gasteiger partial charge >= 0.3 is 6.03 Å². The summed E-state index contributed by atoms with van der Waals surface area (Å²) in [5.41, 5.74) is 1.32. The molecule has 0 radical (unpaired) electrons. The van der Waals surface area contributed by atoms with Crippen molar-refractivity contribution in [2.24, 2.45) is 0 Å². The molecule has 2 heterocycles. The molecule has 3 aromatic rings. The number of furan rings is 1. The number of nitrogens with one attached hydrogen (secondary N) is 2. The lowest BCUT2D eigenvalue weighted by molar-refractivity contribution is 0.186. The van der Waals surface area contributed by atoms with E-state index in [1.165, 1.54) is 0 Å². The van der Waals surface area contributed by atoms with E-state index in [9.17, 15) is 4.79 Å². The van der Waals surface area contributed by atoms with Gasteiger partial charge in [0.2, 0.25) is 0 Å². The molecule has 25 heavy (non-hydrogen) atoms. The molecule has 8 nitrogen and oxygen atoms in total. The van der Waals surface area contributed by atoms with Gasteiger partial charge in [-0.2, -0.15) is 0 Å². The number of carbonyl (C=O) groups excluding carboxylic acids is 1. The van der Waals surface area contributed by atoms with E-state index in [0.29, 0.717) is 37.4 Å². The van der Waals surface area contributed by atoms with E-state index >= 15 is 0 Å². The summed E-state index contributed by atoms with van der Waals surface area (Å²) >= 11 is 0. The van der Waals surface area contributed by atoms with E-state index < -0.39 is 0 Å². The Hall–Kier alpha value is -2.87. The number of urea groups is 1. The number of amides is 2. The maximum atomic E-state index is 12.1. The number of nitrogens with zero attached hydrogens (tertiary/aromatic N) is 3. The number of aryl methyl sites for hydroxylation is 1. The minimum Gasteiger partial charge on any atom is -0.459 e. The van der Waals surface area contributed by atoms with Gasteiger partial charge in [-0.3, -0.25) is 0 Å². The molecular weight excluding hydrogens is 322 g/mol. The summed E-state index contributed by atoms with van der Waals surface area (Å²) < 4.78 is 12.6. The Labute approximate surface area is 145 Å². The van der Waals surface area contributed by atoms with Gasteiger partial charge in [0.1, 0.15) is 17.9 Å². The lowest BCUT2D eigenvalue weighted by Gasteiger charge is -2.09. The van der Waals surface area contributed by atoms with Gasteiger partial charge < -0.3 is 24.4 Å². The summed E-state index contributed by atoms with van der Waals surface area (Å²) in [6, 6.07) is 7.29. The quantitative estimate of drug-likeness (QED) is 0.687. The number of hydrogen-bond donors (Lipinski definition) is 2. The summed E-state index contributed by atoms with van der Waals surface area (Å²) in [5.74, 6) is 1.61. The normalized spacial score (nSPS) is 11.0. The predicted molar refractivity (Wildman–Crippen MR) is 93.6 cm³/mol. The van der Waals surface area contributed by atoms with Crippen LogP contribution in [0.2, 0.25) is 0 Å². The third-order valence-corrected chi connectivity index (χ3v) is 3.78. The summed E-state index contributed by atoms with van der Waals surface area (Å²) in [4.78, 5) is 12.1. The highest BCUT2D eigenvalue weighted by atomic mass is 16.5. The zero-order chi connectivity index (χ0) is 17.6. The van der Waals surface area contributed by atoms with Crippen LogP contribution in [0.4, 0.5) is 10.5 Å². The summed E-state index contributed by atoms with van der Waals surface area (Å²) in [5, 5.41) is 14.6. The molecule has 2 amide bonds. The van der Waals surface area contributed by atoms with Crippen LogP contribution in [0, 0.1) is 6.92 Å². The number of methoxy groups -OCH3 is 1. The van der Waals surface area contributed by atoms with Gasteiger partial charge in [0.05, 0.1) is 12.3 Å². The smallest absolute Gasteiger partial charge is 0.319 e. The van der Waals surface area contributed by atoms with Crippen molar-refractivity contribution in [2.75, 3.05) is 25.6 Å². The molecule has 0 fully saturated rings. The van der Waals surface area contributed by atoms with Crippen molar-refractivity contribution in [1.29, 1.82) is 0 Å². The lowest BCUT2D eigenvalue weighted by atomic mass is 10.2. The standard InChI is InChI=1S/C17H21N5O3/c1-12-10-13-4-3-5-14(16(13)25-12)20-17(23)18-7-6-15-21-19-11-22(15)8-9-24-2/h3-5,10-11H,6-9H2,1-2H3,(H2,18,20,23). The van der Waals surface area contributed by atoms with Gasteiger partial charge in [0.15, 0.2) is 5.58 Å². The van der Waals surface area contributed by atoms with Gasteiger partial charge in [0.25, 0.3) is 0 Å². The van der Waals surface area contributed by atoms with Gasteiger partial charge in [0, 0.05) is 32.0 Å². The number of benzene rings is 1. The Kier molecular flexibility index (Phi) is 5.30. The molecule has 0 unspecified atom stereocenters. The number of hydrogen-bond acceptors (Lipinski definition) is 5. The van der Waals surface area contributed by atoms with Gasteiger partial charge in [-0.15, -0.1) is 10.2 Å². The van der Waals surface area contributed by atoms with Gasteiger partial charge in [-0.25, -0.2) is 4.79 Å². The number of ether oxygens (including phenoxy) is 1. The Morgan fingerprint density at radius 2 is 2.28 bits per heavy atom. The maximum Gasteiger partial charge on any atom is 0.319 e. The zero-order valence-corrected chi connectivity index (χ0v) is 14.3. The van der Waals surface area contributed by atoms with Crippen molar-refractivity contribution in [3.63, 3.8) is 0 Å². The largest absolute Gasteiger partial charge is 0.459 e. The molecule has 2 N–H and O–H groups in total. The average molecular weight is 343 g/mol. The van der Waals surface area contributed by atoms with Crippen LogP contribution in [-0.4, -0.2) is 41.1 Å². The van der Waals surface area contributed by atoms with Gasteiger partial charge in [-0.05, 0) is 19.1 Å². The second kappa shape index (κ2) is 7.80. The van der Waals surface area contributed by atoms with E-state index in [1.54, 1.807) is 13.4 Å². The SMILES string of the molecule is COCCn1cnnc1CCNC(=O)Nc1cccc2cc(C)oc12. The predicted octanol–water partition coefficient (Wildman–Crippen LogP) is 2.34. The molecular formula is C17H21N5O3. The van der Waals surface area contributed by atoms with Crippen molar-refractivity contribution >= 4 is 22.7 Å². The minimum absolute atomic E-state index is 0.287. The van der Waals surface area contributed by atoms with Crippen LogP contribution in [0.25, 0.3) is 11.0 Å². The molecule has 0 saturated carbocycles. The van der Waals surface area contributed by atoms with Crippen molar-refractivity contribution in [2.45, 2.75) is 19.9 Å². The molecule has 0 aliphatic rings. The van der Waals surface area contributed by atoms with Crippen molar-refractivity contribution in [3.8, 4) is 0 Å². The van der Waals surface area contributed by atoms with Crippen LogP contribution in [0.1, 0.15) is 11.6 Å². The Balaban J connectivity index is 1.54. The summed E-state index contributed by atoms with van der Waals surface area (Å²) in [6.45, 7) is 3.60. The Morgan fingerprint density at radius 1 is 1.40 bits per heavy atom. The van der Waals surface area contributed by atoms with Crippen LogP contribution < -0.4 is 10.6 Å². The minimum atomic E-state index is -0.287. The van der Waals surface area contributed by atoms with E-state index in [1.807, 2.05) is 35.8 Å². The number of rotatable bonds is 7. The molecule has 0 aliphatic carbocycles. The third kappa shape index (κ3) is 4.16. The highest BCUT2D eigenvalue weighted by molar-refractivity contribution is 5.99. The lowest BCUT2D eigenvalue weighted by Crippen LogP contribution is -2.31. The molecule has 0 spiro atoms. The van der Waals surface area contributed by atoms with E-state index in [2.05, 4.69) is 20.8 Å². The van der Waals surface area contributed by atoms with Crippen LogP contribution in [0.3, 0.4) is 0 Å². The van der Waals surface area contributed by atoms with Crippen LogP contribution in [0.15, 0.2) is 35.0 Å². The molecule has 3 rings (SSSR count). The Bertz CT molecular complexity index is 855. The molecule has 0 aliphatic heterocycles. The number of fused-ring (bicyclic) bond motifs is 1. The fourth-order valence-electron chi connectivity index (χ4n) is 2.59. The van der Waals surface area contributed by atoms with E-state index in [-0.39, 0.29) is 6.03 Å². The fraction of sp³-hybridized carbons (Fsp3) is 0.353. The molecule has 8 heteroatoms. The first-order valence-corrected chi connectivity index (χ1v) is 8.07. The molecule has 1 aromatic carbocycles. The highest BCUT2D eigenvalue weighted by Crippen LogP contribution is 2.26. The Morgan fingerprint density at radius 3 is 3.12 bits per heavy atom. The molecule has 0 atom stereocenters. The second-order valence-corrected chi connectivity index (χ2v) is 5.65. The molecule has 132 valence electrons. The summed E-state index contributed by atoms with van der Waals surface area (Å²) in [6.07, 6.45) is 2.25. The van der Waals surface area contributed by atoms with Crippen LogP contribution in [-0.2, 0) is 17.7 Å². The van der Waals surface area contributed by atoms with Crippen LogP contribution >= 0.6 is 0 Å². The van der Waals surface area contributed by atoms with Crippen molar-refractivity contribution in [1.82, 2.24) is 20.1 Å². The fourth-order valence-corrected chi connectivity index (χ4v) is 2.59. The number of carbonyl (C=O) groups is 1. The third-order valence-electron chi connectivity index (χ3n) is 3.78. The van der Waals surface area contributed by atoms with E-state index in [0.717, 1.165) is 17.0 Å². The van der Waals surface area contributed by atoms with Crippen LogP contribution in [0.5, 0.6) is 0 Å². The molecule has 0 bridgehead atoms. The topological polar surface area (TPSA) is 94.2 Å². The molecule has 0 saturated heterocycles. The number of anilines is 1. The zero-order valence-electron chi connectivity index (χ0n) is 14.3. The van der Waals surface area contributed by atoms with E-state index in [4.69, 9.17) is 9.15 Å². The first kappa shape index (κ1) is 17.0. The molecule has 2 aromatic heterocycles. The maximum absolute atomic E-state index is 12.1. The summed E-state index contributed by atoms with van der Waals surface area (Å²) in [7, 11) is 1.65. The van der Waals surface area contributed by atoms with Gasteiger partial charge in [-0.1, -0.05) is 12.1 Å². The second-order valence-electron chi connectivity index (χ2n) is 5.65. The first-order valence-electron chi connectivity index (χ1n) is 8.07. The van der Waals surface area contributed by atoms with Crippen molar-refractivity contribution in [3.05, 3.63) is 42.2 Å². The van der Waals surface area contributed by atoms with Crippen molar-refractivity contribution < 1.29 is 13.9 Å². The highest BCUT2D eigenvalue weighted by Gasteiger charge is 2.10. The first-order chi connectivity index (χ1) is 12.2. The number of para-hydroxylation sites is 1. The monoisotopic (exact) mass is 343 g/mol. The number of aromatic nitrogens is 3. The average Bonchev–Trinajstić information content (AvgIpc) is 3.19.